The molecule has 1 unspecified atom stereocenters. The van der Waals surface area contributed by atoms with Crippen molar-refractivity contribution in [3.63, 3.8) is 0 Å². The Bertz CT molecular complexity index is 371. The van der Waals surface area contributed by atoms with Crippen LogP contribution < -0.4 is 0 Å². The van der Waals surface area contributed by atoms with Gasteiger partial charge in [-0.15, -0.1) is 0 Å². The fourth-order valence-electron chi connectivity index (χ4n) is 1.73. The molecule has 1 nitrogen and oxygen atoms in total. The van der Waals surface area contributed by atoms with Gasteiger partial charge >= 0.3 is 93.6 Å². The van der Waals surface area contributed by atoms with E-state index in [0.29, 0.717) is 5.92 Å². The Kier molecular flexibility index (Phi) is 2.42. The molecular weight excluding hydrogens is 239 g/mol. The van der Waals surface area contributed by atoms with E-state index < -0.39 is 0 Å². The van der Waals surface area contributed by atoms with Crippen molar-refractivity contribution < 1.29 is 29.1 Å². The van der Waals surface area contributed by atoms with Crippen LogP contribution >= 0.6 is 0 Å². The maximum atomic E-state index is 5.42. The molecule has 0 aromatic carbocycles. The molecule has 1 aromatic heterocycles. The zero-order valence-electron chi connectivity index (χ0n) is 7.79. The Balaban J connectivity index is 2.50. The second kappa shape index (κ2) is 3.42. The van der Waals surface area contributed by atoms with Gasteiger partial charge in [-0.1, -0.05) is 0 Å². The van der Waals surface area contributed by atoms with Crippen LogP contribution in [0.2, 0.25) is 0 Å². The van der Waals surface area contributed by atoms with Crippen molar-refractivity contribution in [3.8, 4) is 0 Å². The zero-order chi connectivity index (χ0) is 9.42. The molecule has 1 atom stereocenters. The molecule has 65 valence electrons. The first-order valence-corrected chi connectivity index (χ1v) is 5.61. The van der Waals surface area contributed by atoms with Gasteiger partial charge in [-0.05, 0) is 0 Å². The molecule has 0 bridgehead atoms. The van der Waals surface area contributed by atoms with Crippen LogP contribution in [0.5, 0.6) is 0 Å². The molecule has 13 heavy (non-hydrogen) atoms. The van der Waals surface area contributed by atoms with Crippen molar-refractivity contribution in [1.82, 2.24) is 0 Å². The first-order chi connectivity index (χ1) is 6.20. The monoisotopic (exact) mass is 249 g/mol. The van der Waals surface area contributed by atoms with E-state index in [0.717, 1.165) is 5.76 Å². The predicted octanol–water partition coefficient (Wildman–Crippen LogP) is 3.13. The van der Waals surface area contributed by atoms with Gasteiger partial charge in [-0.3, -0.25) is 0 Å². The molecule has 0 aliphatic heterocycles. The summed E-state index contributed by atoms with van der Waals surface area (Å²) in [5.41, 5.74) is 2.69. The molecule has 2 rings (SSSR count). The molecule has 1 aliphatic rings. The van der Waals surface area contributed by atoms with Gasteiger partial charge in [-0.2, -0.15) is 0 Å². The van der Waals surface area contributed by atoms with E-state index in [1.165, 1.54) is 39.1 Å². The average molecular weight is 250 g/mol. The Morgan fingerprint density at radius 3 is 2.69 bits per heavy atom. The molecule has 0 saturated carbocycles. The molecule has 1 aliphatic carbocycles. The predicted molar refractivity (Wildman–Crippen MR) is 48.5 cm³/mol. The second-order valence-corrected chi connectivity index (χ2v) is 4.73. The Morgan fingerprint density at radius 2 is 2.23 bits per heavy atom. The third-order valence-corrected chi connectivity index (χ3v) is 4.12. The maximum absolute atomic E-state index is 5.42. The molecule has 2 heteroatoms. The van der Waals surface area contributed by atoms with Crippen LogP contribution in [0.25, 0.3) is 5.57 Å². The van der Waals surface area contributed by atoms with Gasteiger partial charge in [0.2, 0.25) is 0 Å². The molecule has 1 heterocycles. The summed E-state index contributed by atoms with van der Waals surface area (Å²) in [6.07, 6.45) is 4.05. The van der Waals surface area contributed by atoms with E-state index in [-0.39, 0.29) is 0 Å². The minimum absolute atomic E-state index is 0.596. The summed E-state index contributed by atoms with van der Waals surface area (Å²) in [6, 6.07) is 3.98. The van der Waals surface area contributed by atoms with Gasteiger partial charge in [0, 0.05) is 0 Å². The first-order valence-electron chi connectivity index (χ1n) is 4.38. The molecule has 0 amide bonds. The average Bonchev–Trinajstić information content (AvgIpc) is 2.63. The Hall–Kier alpha value is -0.357. The SMILES string of the molecule is CC1=CC(C)[C]([Zr])=C1c1ccco1. The second-order valence-electron chi connectivity index (χ2n) is 3.40. The molecule has 0 N–H and O–H groups in total. The van der Waals surface area contributed by atoms with Gasteiger partial charge in [0.15, 0.2) is 0 Å². The minimum atomic E-state index is 0.596. The summed E-state index contributed by atoms with van der Waals surface area (Å²) in [4.78, 5) is 0. The van der Waals surface area contributed by atoms with Crippen LogP contribution in [-0.2, 0) is 24.7 Å². The van der Waals surface area contributed by atoms with Crippen molar-refractivity contribution in [2.75, 3.05) is 0 Å². The Morgan fingerprint density at radius 1 is 1.46 bits per heavy atom. The van der Waals surface area contributed by atoms with Crippen molar-refractivity contribution in [3.05, 3.63) is 39.1 Å². The van der Waals surface area contributed by atoms with Crippen molar-refractivity contribution in [2.45, 2.75) is 13.8 Å². The normalized spacial score (nSPS) is 22.2. The summed E-state index contributed by atoms with van der Waals surface area (Å²) in [7, 11) is 0. The van der Waals surface area contributed by atoms with E-state index >= 15 is 0 Å². The van der Waals surface area contributed by atoms with Crippen LogP contribution in [0.15, 0.2) is 37.7 Å². The van der Waals surface area contributed by atoms with E-state index in [4.69, 9.17) is 4.42 Å². The third kappa shape index (κ3) is 1.53. The summed E-state index contributed by atoms with van der Waals surface area (Å²) in [6.45, 7) is 4.40. The van der Waals surface area contributed by atoms with Gasteiger partial charge < -0.3 is 0 Å². The summed E-state index contributed by atoms with van der Waals surface area (Å²) >= 11 is 1.49. The van der Waals surface area contributed by atoms with Crippen LogP contribution in [-0.4, -0.2) is 0 Å². The topological polar surface area (TPSA) is 13.1 Å². The zero-order valence-corrected chi connectivity index (χ0v) is 10.3. The molecule has 0 saturated heterocycles. The molecular formula is C11H11OZr. The molecule has 0 spiro atoms. The number of allylic oxidation sites excluding steroid dienone is 4. The van der Waals surface area contributed by atoms with Crippen LogP contribution in [0.4, 0.5) is 0 Å². The van der Waals surface area contributed by atoms with Crippen LogP contribution in [0, 0.1) is 5.92 Å². The number of hydrogen-bond donors (Lipinski definition) is 0. The van der Waals surface area contributed by atoms with E-state index in [1.807, 2.05) is 12.1 Å². The van der Waals surface area contributed by atoms with Crippen molar-refractivity contribution in [2.24, 2.45) is 5.92 Å². The van der Waals surface area contributed by atoms with E-state index in [9.17, 15) is 0 Å². The van der Waals surface area contributed by atoms with E-state index in [2.05, 4.69) is 19.9 Å². The molecule has 1 aromatic rings. The quantitative estimate of drug-likeness (QED) is 0.746. The number of furan rings is 1. The fourth-order valence-corrected chi connectivity index (χ4v) is 2.72. The summed E-state index contributed by atoms with van der Waals surface area (Å²) in [5, 5.41) is 0. The van der Waals surface area contributed by atoms with Gasteiger partial charge in [0.1, 0.15) is 0 Å². The third-order valence-electron chi connectivity index (χ3n) is 2.39. The Labute approximate surface area is 93.4 Å². The number of rotatable bonds is 1. The summed E-state index contributed by atoms with van der Waals surface area (Å²) < 4.78 is 6.92. The van der Waals surface area contributed by atoms with Crippen molar-refractivity contribution >= 4 is 5.57 Å². The van der Waals surface area contributed by atoms with E-state index in [1.54, 1.807) is 6.26 Å². The van der Waals surface area contributed by atoms with Crippen LogP contribution in [0.1, 0.15) is 19.6 Å². The van der Waals surface area contributed by atoms with Gasteiger partial charge in [-0.25, -0.2) is 0 Å². The fraction of sp³-hybridized carbons (Fsp3) is 0.273. The summed E-state index contributed by atoms with van der Waals surface area (Å²) in [5.74, 6) is 1.61. The first kappa shape index (κ1) is 9.21. The van der Waals surface area contributed by atoms with Crippen molar-refractivity contribution in [1.29, 1.82) is 0 Å². The molecule has 0 radical (unpaired) electrons. The van der Waals surface area contributed by atoms with Gasteiger partial charge in [0.05, 0.1) is 0 Å². The van der Waals surface area contributed by atoms with Gasteiger partial charge in [0.25, 0.3) is 0 Å². The number of hydrogen-bond acceptors (Lipinski definition) is 1. The molecule has 0 fully saturated rings. The van der Waals surface area contributed by atoms with Crippen LogP contribution in [0.3, 0.4) is 0 Å². The standard InChI is InChI=1S/C11H11O.Zr/c1-8-6-9(2)10(7-8)11-4-3-5-12-11;/h3-6,8H,1-2H3;.